The fourth-order valence-corrected chi connectivity index (χ4v) is 3.23. The van der Waals surface area contributed by atoms with Crippen LogP contribution in [0.1, 0.15) is 39.5 Å². The van der Waals surface area contributed by atoms with Crippen molar-refractivity contribution in [3.05, 3.63) is 0 Å². The second-order valence-corrected chi connectivity index (χ2v) is 7.63. The maximum atomic E-state index is 12.6. The van der Waals surface area contributed by atoms with Crippen LogP contribution < -0.4 is 21.3 Å². The van der Waals surface area contributed by atoms with Gasteiger partial charge in [0.15, 0.2) is 0 Å². The Morgan fingerprint density at radius 2 is 1.70 bits per heavy atom. The number of hydrogen-bond donors (Lipinski definition) is 7. The maximum Gasteiger partial charge on any atom is 0.326 e. The molecule has 1 fully saturated rings. The summed E-state index contributed by atoms with van der Waals surface area (Å²) in [5.74, 6) is -5.13. The highest BCUT2D eigenvalue weighted by Gasteiger charge is 2.33. The molecule has 5 atom stereocenters. The van der Waals surface area contributed by atoms with Crippen LogP contribution in [0.4, 0.5) is 0 Å². The first-order valence-corrected chi connectivity index (χ1v) is 10.4. The van der Waals surface area contributed by atoms with Crippen molar-refractivity contribution in [2.45, 2.75) is 63.7 Å². The van der Waals surface area contributed by atoms with E-state index in [1.165, 1.54) is 0 Å². The molecule has 30 heavy (non-hydrogen) atoms. The molecule has 1 rings (SSSR count). The number of nitrogens with one attached hydrogen (secondary N) is 4. The third kappa shape index (κ3) is 7.82. The zero-order valence-corrected chi connectivity index (χ0v) is 17.9. The molecule has 12 heteroatoms. The summed E-state index contributed by atoms with van der Waals surface area (Å²) in [5.41, 5.74) is 0. The zero-order chi connectivity index (χ0) is 22.8. The molecule has 170 valence electrons. The lowest BCUT2D eigenvalue weighted by atomic mass is 9.99. The topological polar surface area (TPSA) is 174 Å². The number of carboxylic acid groups (broad SMARTS) is 2. The quantitative estimate of drug-likeness (QED) is 0.182. The second kappa shape index (κ2) is 12.4. The average molecular weight is 447 g/mol. The summed E-state index contributed by atoms with van der Waals surface area (Å²) in [7, 11) is 0. The molecule has 6 N–H and O–H groups in total. The van der Waals surface area contributed by atoms with Crippen molar-refractivity contribution >= 4 is 42.3 Å². The number of carbonyl (C=O) groups excluding carboxylic acids is 3. The van der Waals surface area contributed by atoms with Gasteiger partial charge in [0.05, 0.1) is 12.5 Å². The SMILES string of the molecule is CCC(C)C(NC(=O)C(CS)NC(=O)C(CC(=O)O)NC(=O)C1CCCN1)C(=O)O. The summed E-state index contributed by atoms with van der Waals surface area (Å²) >= 11 is 4.02. The molecule has 1 aliphatic heterocycles. The van der Waals surface area contributed by atoms with E-state index in [4.69, 9.17) is 5.11 Å². The van der Waals surface area contributed by atoms with Gasteiger partial charge in [0, 0.05) is 5.75 Å². The molecule has 1 aliphatic rings. The van der Waals surface area contributed by atoms with Gasteiger partial charge >= 0.3 is 11.9 Å². The van der Waals surface area contributed by atoms with E-state index >= 15 is 0 Å². The molecule has 11 nitrogen and oxygen atoms in total. The third-order valence-corrected chi connectivity index (χ3v) is 5.35. The fraction of sp³-hybridized carbons (Fsp3) is 0.722. The molecule has 0 spiro atoms. The van der Waals surface area contributed by atoms with Crippen molar-refractivity contribution < 1.29 is 34.2 Å². The van der Waals surface area contributed by atoms with E-state index < -0.39 is 60.2 Å². The van der Waals surface area contributed by atoms with Crippen LogP contribution in [0, 0.1) is 5.92 Å². The van der Waals surface area contributed by atoms with Crippen molar-refractivity contribution in [2.24, 2.45) is 5.92 Å². The number of amides is 3. The Balaban J connectivity index is 2.82. The molecular weight excluding hydrogens is 416 g/mol. The highest BCUT2D eigenvalue weighted by atomic mass is 32.1. The van der Waals surface area contributed by atoms with Crippen LogP contribution in [0.2, 0.25) is 0 Å². The molecule has 0 aromatic carbocycles. The van der Waals surface area contributed by atoms with Crippen molar-refractivity contribution in [3.8, 4) is 0 Å². The molecule has 5 unspecified atom stereocenters. The van der Waals surface area contributed by atoms with Crippen LogP contribution in [0.25, 0.3) is 0 Å². The number of aliphatic carboxylic acids is 2. The van der Waals surface area contributed by atoms with E-state index in [1.54, 1.807) is 13.8 Å². The Morgan fingerprint density at radius 3 is 2.17 bits per heavy atom. The van der Waals surface area contributed by atoms with E-state index in [-0.39, 0.29) is 11.7 Å². The Morgan fingerprint density at radius 1 is 1.07 bits per heavy atom. The predicted molar refractivity (Wildman–Crippen MR) is 110 cm³/mol. The van der Waals surface area contributed by atoms with Crippen molar-refractivity contribution in [1.82, 2.24) is 21.3 Å². The number of rotatable bonds is 12. The Labute approximate surface area is 180 Å². The Kier molecular flexibility index (Phi) is 10.6. The average Bonchev–Trinajstić information content (AvgIpc) is 3.23. The van der Waals surface area contributed by atoms with Gasteiger partial charge < -0.3 is 31.5 Å². The van der Waals surface area contributed by atoms with E-state index in [0.29, 0.717) is 19.4 Å². The van der Waals surface area contributed by atoms with Gasteiger partial charge in [0.2, 0.25) is 17.7 Å². The molecule has 1 saturated heterocycles. The van der Waals surface area contributed by atoms with Gasteiger partial charge in [0.1, 0.15) is 18.1 Å². The van der Waals surface area contributed by atoms with Gasteiger partial charge in [-0.3, -0.25) is 19.2 Å². The first kappa shape index (κ1) is 25.7. The summed E-state index contributed by atoms with van der Waals surface area (Å²) in [6.07, 6.45) is 1.20. The fourth-order valence-electron chi connectivity index (χ4n) is 2.97. The van der Waals surface area contributed by atoms with Gasteiger partial charge in [-0.15, -0.1) is 0 Å². The van der Waals surface area contributed by atoms with Gasteiger partial charge in [-0.1, -0.05) is 20.3 Å². The minimum Gasteiger partial charge on any atom is -0.481 e. The highest BCUT2D eigenvalue weighted by Crippen LogP contribution is 2.09. The summed E-state index contributed by atoms with van der Waals surface area (Å²) in [6, 6.07) is -4.25. The normalized spacial score (nSPS) is 19.8. The molecular formula is C18H30N4O7S. The van der Waals surface area contributed by atoms with Gasteiger partial charge in [0.25, 0.3) is 0 Å². The number of hydrogen-bond acceptors (Lipinski definition) is 7. The van der Waals surface area contributed by atoms with Crippen LogP contribution >= 0.6 is 12.6 Å². The largest absolute Gasteiger partial charge is 0.481 e. The molecule has 0 aromatic rings. The molecule has 1 heterocycles. The lowest BCUT2D eigenvalue weighted by Gasteiger charge is -2.25. The standard InChI is InChI=1S/C18H30N4O7S/c1-3-9(2)14(18(28)29)22-17(27)12(8-30)21-16(26)11(7-13(23)24)20-15(25)10-5-4-6-19-10/h9-12,14,19,30H,3-8H2,1-2H3,(H,20,25)(H,21,26)(H,22,27)(H,23,24)(H,28,29). The molecule has 0 radical (unpaired) electrons. The third-order valence-electron chi connectivity index (χ3n) is 4.98. The Bertz CT molecular complexity index is 654. The van der Waals surface area contributed by atoms with E-state index in [0.717, 1.165) is 6.42 Å². The van der Waals surface area contributed by atoms with Crippen LogP contribution in [0.5, 0.6) is 0 Å². The number of thiol groups is 1. The monoisotopic (exact) mass is 446 g/mol. The van der Waals surface area contributed by atoms with E-state index in [1.807, 2.05) is 0 Å². The van der Waals surface area contributed by atoms with E-state index in [9.17, 15) is 29.1 Å². The summed E-state index contributed by atoms with van der Waals surface area (Å²) in [6.45, 7) is 4.10. The minimum absolute atomic E-state index is 0.150. The lowest BCUT2D eigenvalue weighted by Crippen LogP contribution is -2.58. The smallest absolute Gasteiger partial charge is 0.326 e. The number of carbonyl (C=O) groups is 5. The minimum atomic E-state index is -1.39. The van der Waals surface area contributed by atoms with Gasteiger partial charge in [-0.2, -0.15) is 12.6 Å². The molecule has 0 aromatic heterocycles. The summed E-state index contributed by atoms with van der Waals surface area (Å²) in [4.78, 5) is 59.8. The first-order chi connectivity index (χ1) is 14.1. The Hall–Kier alpha value is -2.34. The molecule has 0 aliphatic carbocycles. The van der Waals surface area contributed by atoms with E-state index in [2.05, 4.69) is 33.9 Å². The van der Waals surface area contributed by atoms with Gasteiger partial charge in [-0.05, 0) is 25.3 Å². The maximum absolute atomic E-state index is 12.6. The van der Waals surface area contributed by atoms with Crippen LogP contribution in [-0.4, -0.2) is 76.3 Å². The van der Waals surface area contributed by atoms with Crippen molar-refractivity contribution in [2.75, 3.05) is 12.3 Å². The zero-order valence-electron chi connectivity index (χ0n) is 17.0. The highest BCUT2D eigenvalue weighted by molar-refractivity contribution is 7.80. The second-order valence-electron chi connectivity index (χ2n) is 7.26. The number of carboxylic acids is 2. The van der Waals surface area contributed by atoms with Crippen LogP contribution in [-0.2, 0) is 24.0 Å². The van der Waals surface area contributed by atoms with Crippen molar-refractivity contribution in [3.63, 3.8) is 0 Å². The first-order valence-electron chi connectivity index (χ1n) is 9.80. The lowest BCUT2D eigenvalue weighted by molar-refractivity contribution is -0.144. The van der Waals surface area contributed by atoms with Crippen LogP contribution in [0.3, 0.4) is 0 Å². The van der Waals surface area contributed by atoms with Gasteiger partial charge in [-0.25, -0.2) is 4.79 Å². The summed E-state index contributed by atoms with van der Waals surface area (Å²) < 4.78 is 0. The summed E-state index contributed by atoms with van der Waals surface area (Å²) in [5, 5.41) is 28.5. The van der Waals surface area contributed by atoms with Crippen LogP contribution in [0.15, 0.2) is 0 Å². The predicted octanol–water partition coefficient (Wildman–Crippen LogP) is -1.27. The molecule has 0 saturated carbocycles. The van der Waals surface area contributed by atoms with Crippen molar-refractivity contribution in [1.29, 1.82) is 0 Å². The molecule has 0 bridgehead atoms. The molecule has 3 amide bonds.